The second-order valence-corrected chi connectivity index (χ2v) is 6.39. The van der Waals surface area contributed by atoms with Crippen molar-refractivity contribution in [1.29, 1.82) is 0 Å². The summed E-state index contributed by atoms with van der Waals surface area (Å²) in [5.41, 5.74) is 7.41. The van der Waals surface area contributed by atoms with E-state index in [-0.39, 0.29) is 24.8 Å². The SMILES string of the molecule is COc1ccc(N)c(NC(=O)C2CC(=O)N(c3ccc(OC)cc3OC)C2)c1. The number of hydrogen-bond donors (Lipinski definition) is 2. The first-order valence-corrected chi connectivity index (χ1v) is 8.73. The van der Waals surface area contributed by atoms with Crippen molar-refractivity contribution in [2.75, 3.05) is 43.8 Å². The van der Waals surface area contributed by atoms with Gasteiger partial charge in [0.25, 0.3) is 0 Å². The zero-order valence-corrected chi connectivity index (χ0v) is 16.0. The van der Waals surface area contributed by atoms with Crippen LogP contribution in [0, 0.1) is 5.92 Å². The highest BCUT2D eigenvalue weighted by molar-refractivity contribution is 6.05. The van der Waals surface area contributed by atoms with Crippen LogP contribution in [0.3, 0.4) is 0 Å². The highest BCUT2D eigenvalue weighted by atomic mass is 16.5. The molecule has 1 aliphatic rings. The molecule has 0 spiro atoms. The van der Waals surface area contributed by atoms with Crippen LogP contribution in [0.1, 0.15) is 6.42 Å². The number of methoxy groups -OCH3 is 3. The number of hydrogen-bond acceptors (Lipinski definition) is 6. The van der Waals surface area contributed by atoms with Crippen LogP contribution in [0.15, 0.2) is 36.4 Å². The first-order chi connectivity index (χ1) is 13.5. The molecule has 1 heterocycles. The van der Waals surface area contributed by atoms with Gasteiger partial charge in [-0.2, -0.15) is 0 Å². The number of nitrogens with two attached hydrogens (primary N) is 1. The number of benzene rings is 2. The number of nitrogen functional groups attached to an aromatic ring is 1. The molecule has 2 aromatic carbocycles. The fourth-order valence-electron chi connectivity index (χ4n) is 3.13. The molecule has 0 aliphatic carbocycles. The van der Waals surface area contributed by atoms with E-state index in [1.807, 2.05) is 0 Å². The summed E-state index contributed by atoms with van der Waals surface area (Å²) in [6, 6.07) is 10.2. The highest BCUT2D eigenvalue weighted by Crippen LogP contribution is 2.36. The summed E-state index contributed by atoms with van der Waals surface area (Å²) in [6.07, 6.45) is 0.102. The van der Waals surface area contributed by atoms with Crippen molar-refractivity contribution in [3.05, 3.63) is 36.4 Å². The lowest BCUT2D eigenvalue weighted by molar-refractivity contribution is -0.122. The molecule has 1 atom stereocenters. The predicted molar refractivity (Wildman–Crippen MR) is 106 cm³/mol. The summed E-state index contributed by atoms with van der Waals surface area (Å²) in [7, 11) is 4.61. The van der Waals surface area contributed by atoms with Crippen LogP contribution >= 0.6 is 0 Å². The summed E-state index contributed by atoms with van der Waals surface area (Å²) in [6.45, 7) is 0.247. The van der Waals surface area contributed by atoms with Gasteiger partial charge in [0.1, 0.15) is 17.2 Å². The maximum absolute atomic E-state index is 12.7. The van der Waals surface area contributed by atoms with Gasteiger partial charge in [-0.3, -0.25) is 9.59 Å². The van der Waals surface area contributed by atoms with Gasteiger partial charge < -0.3 is 30.2 Å². The van der Waals surface area contributed by atoms with Crippen LogP contribution in [0.5, 0.6) is 17.2 Å². The lowest BCUT2D eigenvalue weighted by Gasteiger charge is -2.20. The molecule has 0 radical (unpaired) electrons. The van der Waals surface area contributed by atoms with E-state index in [2.05, 4.69) is 5.32 Å². The molecule has 8 nitrogen and oxygen atoms in total. The van der Waals surface area contributed by atoms with Gasteiger partial charge in [-0.15, -0.1) is 0 Å². The fraction of sp³-hybridized carbons (Fsp3) is 0.300. The zero-order chi connectivity index (χ0) is 20.3. The normalized spacial score (nSPS) is 16.0. The number of anilines is 3. The van der Waals surface area contributed by atoms with Crippen molar-refractivity contribution in [2.45, 2.75) is 6.42 Å². The minimum Gasteiger partial charge on any atom is -0.497 e. The molecule has 148 valence electrons. The number of rotatable bonds is 6. The van der Waals surface area contributed by atoms with E-state index in [1.54, 1.807) is 48.4 Å². The average molecular weight is 385 g/mol. The Balaban J connectivity index is 1.77. The smallest absolute Gasteiger partial charge is 0.229 e. The molecule has 0 saturated carbocycles. The molecule has 1 aliphatic heterocycles. The number of nitrogens with one attached hydrogen (secondary N) is 1. The van der Waals surface area contributed by atoms with Gasteiger partial charge >= 0.3 is 0 Å². The number of carbonyl (C=O) groups is 2. The van der Waals surface area contributed by atoms with Gasteiger partial charge in [0, 0.05) is 25.1 Å². The Kier molecular flexibility index (Phi) is 5.58. The third-order valence-corrected chi connectivity index (χ3v) is 4.69. The Morgan fingerprint density at radius 1 is 1.07 bits per heavy atom. The Labute approximate surface area is 163 Å². The Morgan fingerprint density at radius 2 is 1.75 bits per heavy atom. The summed E-state index contributed by atoms with van der Waals surface area (Å²) in [5.74, 6) is 0.771. The van der Waals surface area contributed by atoms with Gasteiger partial charge in [-0.25, -0.2) is 0 Å². The molecular weight excluding hydrogens is 362 g/mol. The molecule has 8 heteroatoms. The minimum atomic E-state index is -0.509. The van der Waals surface area contributed by atoms with Gasteiger partial charge in [0.2, 0.25) is 11.8 Å². The van der Waals surface area contributed by atoms with Crippen LogP contribution < -0.4 is 30.2 Å². The molecule has 2 aromatic rings. The number of amides is 2. The standard InChI is InChI=1S/C20H23N3O5/c1-26-13-4-6-15(21)16(9-13)22-20(25)12-8-19(24)23(11-12)17-7-5-14(27-2)10-18(17)28-3/h4-7,9-10,12H,8,11,21H2,1-3H3,(H,22,25). The Hall–Kier alpha value is -3.42. The minimum absolute atomic E-state index is 0.102. The lowest BCUT2D eigenvalue weighted by atomic mass is 10.1. The maximum Gasteiger partial charge on any atom is 0.229 e. The Bertz CT molecular complexity index is 899. The summed E-state index contributed by atoms with van der Waals surface area (Å²) in [4.78, 5) is 26.8. The van der Waals surface area contributed by atoms with Crippen molar-refractivity contribution in [1.82, 2.24) is 0 Å². The van der Waals surface area contributed by atoms with E-state index in [0.29, 0.717) is 34.3 Å². The molecule has 28 heavy (non-hydrogen) atoms. The van der Waals surface area contributed by atoms with Gasteiger partial charge in [0.15, 0.2) is 0 Å². The molecule has 1 fully saturated rings. The quantitative estimate of drug-likeness (QED) is 0.740. The number of carbonyl (C=O) groups excluding carboxylic acids is 2. The molecule has 1 unspecified atom stereocenters. The molecular formula is C20H23N3O5. The first kappa shape index (κ1) is 19.3. The van der Waals surface area contributed by atoms with Crippen molar-refractivity contribution < 1.29 is 23.8 Å². The van der Waals surface area contributed by atoms with Crippen LogP contribution in [-0.4, -0.2) is 39.7 Å². The third-order valence-electron chi connectivity index (χ3n) is 4.69. The van der Waals surface area contributed by atoms with E-state index in [1.165, 1.54) is 14.2 Å². The fourth-order valence-corrected chi connectivity index (χ4v) is 3.13. The van der Waals surface area contributed by atoms with E-state index >= 15 is 0 Å². The van der Waals surface area contributed by atoms with E-state index in [4.69, 9.17) is 19.9 Å². The molecule has 2 amide bonds. The highest BCUT2D eigenvalue weighted by Gasteiger charge is 2.36. The zero-order valence-electron chi connectivity index (χ0n) is 16.0. The van der Waals surface area contributed by atoms with Crippen molar-refractivity contribution >= 4 is 28.9 Å². The third kappa shape index (κ3) is 3.80. The maximum atomic E-state index is 12.7. The van der Waals surface area contributed by atoms with Crippen LogP contribution in [-0.2, 0) is 9.59 Å². The summed E-state index contributed by atoms with van der Waals surface area (Å²) >= 11 is 0. The molecule has 0 bridgehead atoms. The largest absolute Gasteiger partial charge is 0.497 e. The second-order valence-electron chi connectivity index (χ2n) is 6.39. The first-order valence-electron chi connectivity index (χ1n) is 8.73. The summed E-state index contributed by atoms with van der Waals surface area (Å²) in [5, 5.41) is 2.79. The average Bonchev–Trinajstić information content (AvgIpc) is 3.10. The topological polar surface area (TPSA) is 103 Å². The lowest BCUT2D eigenvalue weighted by Crippen LogP contribution is -2.28. The van der Waals surface area contributed by atoms with Gasteiger partial charge in [-0.05, 0) is 24.3 Å². The van der Waals surface area contributed by atoms with E-state index < -0.39 is 5.92 Å². The second kappa shape index (κ2) is 8.08. The predicted octanol–water partition coefficient (Wildman–Crippen LogP) is 2.29. The van der Waals surface area contributed by atoms with Gasteiger partial charge in [-0.1, -0.05) is 0 Å². The van der Waals surface area contributed by atoms with Crippen molar-refractivity contribution in [3.63, 3.8) is 0 Å². The Morgan fingerprint density at radius 3 is 2.43 bits per heavy atom. The molecule has 3 N–H and O–H groups in total. The van der Waals surface area contributed by atoms with E-state index in [0.717, 1.165) is 0 Å². The van der Waals surface area contributed by atoms with Crippen molar-refractivity contribution in [3.8, 4) is 17.2 Å². The number of ether oxygens (including phenoxy) is 3. The monoisotopic (exact) mass is 385 g/mol. The van der Waals surface area contributed by atoms with Gasteiger partial charge in [0.05, 0.1) is 44.3 Å². The number of nitrogens with zero attached hydrogens (tertiary/aromatic N) is 1. The van der Waals surface area contributed by atoms with Crippen LogP contribution in [0.25, 0.3) is 0 Å². The van der Waals surface area contributed by atoms with E-state index in [9.17, 15) is 9.59 Å². The molecule has 3 rings (SSSR count). The van der Waals surface area contributed by atoms with Crippen molar-refractivity contribution in [2.24, 2.45) is 5.92 Å². The molecule has 0 aromatic heterocycles. The van der Waals surface area contributed by atoms with Crippen LogP contribution in [0.4, 0.5) is 17.1 Å². The molecule has 1 saturated heterocycles. The summed E-state index contributed by atoms with van der Waals surface area (Å²) < 4.78 is 15.7. The van der Waals surface area contributed by atoms with Crippen LogP contribution in [0.2, 0.25) is 0 Å².